The fourth-order valence-corrected chi connectivity index (χ4v) is 4.05. The lowest BCUT2D eigenvalue weighted by Gasteiger charge is -2.17. The van der Waals surface area contributed by atoms with E-state index in [0.29, 0.717) is 50.4 Å². The molecule has 6 nitrogen and oxygen atoms in total. The van der Waals surface area contributed by atoms with Crippen LogP contribution in [0.5, 0.6) is 0 Å². The highest BCUT2D eigenvalue weighted by Crippen LogP contribution is 2.07. The van der Waals surface area contributed by atoms with Crippen LogP contribution in [-0.2, 0) is 13.1 Å². The van der Waals surface area contributed by atoms with Gasteiger partial charge in [-0.15, -0.1) is 0 Å². The monoisotopic (exact) mass is 460 g/mol. The molecule has 0 aliphatic carbocycles. The van der Waals surface area contributed by atoms with Crippen LogP contribution >= 0.6 is 0 Å². The molecule has 2 heterocycles. The average Bonchev–Trinajstić information content (AvgIpc) is 2.87. The summed E-state index contributed by atoms with van der Waals surface area (Å²) in [6.07, 6.45) is 7.81. The molecular formula is C28H36N4O2+2. The van der Waals surface area contributed by atoms with Gasteiger partial charge in [0.2, 0.25) is 0 Å². The molecule has 2 aromatic heterocycles. The van der Waals surface area contributed by atoms with E-state index < -0.39 is 0 Å². The van der Waals surface area contributed by atoms with Gasteiger partial charge < -0.3 is 9.80 Å². The van der Waals surface area contributed by atoms with Crippen molar-refractivity contribution in [3.05, 3.63) is 95.6 Å². The molecule has 0 aliphatic heterocycles. The molecule has 178 valence electrons. The summed E-state index contributed by atoms with van der Waals surface area (Å²) in [5, 5.41) is 0. The fourth-order valence-electron chi connectivity index (χ4n) is 4.05. The molecule has 0 radical (unpaired) electrons. The lowest BCUT2D eigenvalue weighted by atomic mass is 10.1. The van der Waals surface area contributed by atoms with Crippen molar-refractivity contribution >= 4 is 11.8 Å². The van der Waals surface area contributed by atoms with E-state index in [1.165, 1.54) is 0 Å². The number of rotatable bonds is 10. The number of carbonyl (C=O) groups is 2. The van der Waals surface area contributed by atoms with Gasteiger partial charge in [-0.2, -0.15) is 9.13 Å². The first-order valence-corrected chi connectivity index (χ1v) is 12.1. The van der Waals surface area contributed by atoms with Gasteiger partial charge in [-0.1, -0.05) is 24.3 Å². The molecule has 0 fully saturated rings. The Morgan fingerprint density at radius 3 is 1.29 bits per heavy atom. The second-order valence-corrected chi connectivity index (χ2v) is 8.30. The van der Waals surface area contributed by atoms with Crippen molar-refractivity contribution in [2.45, 2.75) is 40.8 Å². The van der Waals surface area contributed by atoms with Crippen LogP contribution < -0.4 is 9.13 Å². The maximum atomic E-state index is 12.7. The van der Waals surface area contributed by atoms with Crippen LogP contribution in [-0.4, -0.2) is 47.8 Å². The van der Waals surface area contributed by atoms with Crippen molar-refractivity contribution in [1.29, 1.82) is 0 Å². The first-order valence-electron chi connectivity index (χ1n) is 12.1. The van der Waals surface area contributed by atoms with Gasteiger partial charge in [-0.3, -0.25) is 9.59 Å². The van der Waals surface area contributed by atoms with E-state index in [4.69, 9.17) is 0 Å². The van der Waals surface area contributed by atoms with Gasteiger partial charge in [0.05, 0.1) is 0 Å². The zero-order valence-corrected chi connectivity index (χ0v) is 20.8. The molecule has 0 atom stereocenters. The average molecular weight is 461 g/mol. The van der Waals surface area contributed by atoms with Crippen molar-refractivity contribution in [2.24, 2.45) is 0 Å². The Morgan fingerprint density at radius 1 is 0.618 bits per heavy atom. The molecule has 0 spiro atoms. The summed E-state index contributed by atoms with van der Waals surface area (Å²) >= 11 is 0. The Kier molecular flexibility index (Phi) is 8.91. The highest BCUT2D eigenvalue weighted by atomic mass is 16.2. The van der Waals surface area contributed by atoms with Gasteiger partial charge in [0.25, 0.3) is 11.8 Å². The van der Waals surface area contributed by atoms with E-state index in [1.807, 2.05) is 95.7 Å². The maximum absolute atomic E-state index is 12.7. The molecule has 0 saturated heterocycles. The van der Waals surface area contributed by atoms with Crippen LogP contribution in [0.4, 0.5) is 0 Å². The largest absolute Gasteiger partial charge is 0.339 e. The first kappa shape index (κ1) is 25.1. The maximum Gasteiger partial charge on any atom is 0.259 e. The predicted molar refractivity (Wildman–Crippen MR) is 132 cm³/mol. The van der Waals surface area contributed by atoms with Crippen molar-refractivity contribution in [2.75, 3.05) is 26.2 Å². The van der Waals surface area contributed by atoms with E-state index in [0.717, 1.165) is 11.1 Å². The second-order valence-electron chi connectivity index (χ2n) is 8.30. The summed E-state index contributed by atoms with van der Waals surface area (Å²) in [5.41, 5.74) is 3.74. The molecule has 1 aromatic carbocycles. The van der Waals surface area contributed by atoms with E-state index >= 15 is 0 Å². The van der Waals surface area contributed by atoms with Crippen molar-refractivity contribution in [3.8, 4) is 0 Å². The summed E-state index contributed by atoms with van der Waals surface area (Å²) in [6, 6.07) is 16.1. The molecule has 0 N–H and O–H groups in total. The Balaban J connectivity index is 1.68. The summed E-state index contributed by atoms with van der Waals surface area (Å²) in [5.74, 6) is 0.127. The number of aromatic nitrogens is 2. The molecule has 34 heavy (non-hydrogen) atoms. The Bertz CT molecular complexity index is 1010. The molecule has 3 aromatic rings. The third-order valence-electron chi connectivity index (χ3n) is 6.06. The molecule has 0 unspecified atom stereocenters. The number of hydrogen-bond acceptors (Lipinski definition) is 2. The molecule has 0 saturated carbocycles. The van der Waals surface area contributed by atoms with Gasteiger partial charge in [-0.25, -0.2) is 0 Å². The van der Waals surface area contributed by atoms with Crippen LogP contribution in [0, 0.1) is 0 Å². The number of pyridine rings is 2. The van der Waals surface area contributed by atoms with Gasteiger partial charge in [0, 0.05) is 49.4 Å². The highest BCUT2D eigenvalue weighted by Gasteiger charge is 2.17. The van der Waals surface area contributed by atoms with Crippen molar-refractivity contribution in [3.63, 3.8) is 0 Å². The van der Waals surface area contributed by atoms with Gasteiger partial charge in [0.1, 0.15) is 11.1 Å². The minimum Gasteiger partial charge on any atom is -0.339 e. The first-order chi connectivity index (χ1) is 16.5. The van der Waals surface area contributed by atoms with Crippen LogP contribution in [0.2, 0.25) is 0 Å². The number of amides is 2. The van der Waals surface area contributed by atoms with Gasteiger partial charge >= 0.3 is 0 Å². The minimum absolute atomic E-state index is 0.0634. The summed E-state index contributed by atoms with van der Waals surface area (Å²) in [7, 11) is 0. The zero-order chi connectivity index (χ0) is 24.5. The van der Waals surface area contributed by atoms with Crippen molar-refractivity contribution < 1.29 is 18.7 Å². The lowest BCUT2D eigenvalue weighted by Crippen LogP contribution is -2.37. The second kappa shape index (κ2) is 12.1. The van der Waals surface area contributed by atoms with Crippen LogP contribution in [0.1, 0.15) is 59.5 Å². The Labute approximate surface area is 203 Å². The SMILES string of the molecule is CCN(CC)C(=O)c1ccc[n+](Cc2ccc(C[n+]3cccc(C(=O)N(CC)CC)c3)cc2)c1. The predicted octanol–water partition coefficient (Wildman–Crippen LogP) is 3.32. The highest BCUT2D eigenvalue weighted by molar-refractivity contribution is 5.94. The number of carbonyl (C=O) groups excluding carboxylic acids is 2. The van der Waals surface area contributed by atoms with E-state index in [9.17, 15) is 9.59 Å². The van der Waals surface area contributed by atoms with Gasteiger partial charge in [-0.05, 0) is 39.8 Å². The van der Waals surface area contributed by atoms with E-state index in [2.05, 4.69) is 24.3 Å². The van der Waals surface area contributed by atoms with E-state index in [-0.39, 0.29) is 11.8 Å². The Hall–Kier alpha value is -3.54. The quantitative estimate of drug-likeness (QED) is 0.436. The fraction of sp³-hybridized carbons (Fsp3) is 0.357. The summed E-state index contributed by atoms with van der Waals surface area (Å²) in [6.45, 7) is 12.2. The van der Waals surface area contributed by atoms with Gasteiger partial charge in [0.15, 0.2) is 37.9 Å². The topological polar surface area (TPSA) is 48.4 Å². The normalized spacial score (nSPS) is 10.7. The third kappa shape index (κ3) is 6.28. The number of benzene rings is 1. The molecule has 6 heteroatoms. The van der Waals surface area contributed by atoms with Crippen LogP contribution in [0.15, 0.2) is 73.3 Å². The zero-order valence-electron chi connectivity index (χ0n) is 20.8. The standard InChI is InChI=1S/C28H36N4O2/c1-5-31(6-2)27(33)25-11-9-17-29(21-25)19-23-13-15-24(16-14-23)20-30-18-10-12-26(22-30)28(34)32(7-3)8-4/h9-18,21-22H,5-8,19-20H2,1-4H3/q+2. The number of nitrogens with zero attached hydrogens (tertiary/aromatic N) is 4. The van der Waals surface area contributed by atoms with Crippen molar-refractivity contribution in [1.82, 2.24) is 9.80 Å². The molecule has 3 rings (SSSR count). The molecule has 0 bridgehead atoms. The summed E-state index contributed by atoms with van der Waals surface area (Å²) < 4.78 is 4.09. The molecule has 0 aliphatic rings. The molecular weight excluding hydrogens is 424 g/mol. The van der Waals surface area contributed by atoms with Crippen LogP contribution in [0.3, 0.4) is 0 Å². The minimum atomic E-state index is 0.0634. The lowest BCUT2D eigenvalue weighted by molar-refractivity contribution is -0.689. The van der Waals surface area contributed by atoms with E-state index in [1.54, 1.807) is 0 Å². The smallest absolute Gasteiger partial charge is 0.259 e. The van der Waals surface area contributed by atoms with Crippen LogP contribution in [0.25, 0.3) is 0 Å². The number of hydrogen-bond donors (Lipinski definition) is 0. The third-order valence-corrected chi connectivity index (χ3v) is 6.06. The Morgan fingerprint density at radius 2 is 0.971 bits per heavy atom. The summed E-state index contributed by atoms with van der Waals surface area (Å²) in [4.78, 5) is 29.0. The molecule has 2 amide bonds.